The van der Waals surface area contributed by atoms with Crippen LogP contribution in [0.4, 0.5) is 4.79 Å². The standard InChI is InChI=1S/C25H30N2O5/c1-25(2,3)15-27(4)23(30)21(13-22(28)29)26-24(31)32-14-20-18-11-7-5-9-16(18)17-10-6-8-12-19(17)20/h5-12,20-21H,13-15H2,1-4H3,(H,26,31)(H,28,29). The van der Waals surface area contributed by atoms with Gasteiger partial charge in [0.1, 0.15) is 12.6 Å². The van der Waals surface area contributed by atoms with Crippen LogP contribution in [0, 0.1) is 5.41 Å². The number of ether oxygens (including phenoxy) is 1. The topological polar surface area (TPSA) is 95.9 Å². The van der Waals surface area contributed by atoms with Crippen molar-refractivity contribution in [3.8, 4) is 11.1 Å². The molecule has 0 saturated heterocycles. The van der Waals surface area contributed by atoms with E-state index in [1.807, 2.05) is 69.3 Å². The van der Waals surface area contributed by atoms with E-state index in [-0.39, 0.29) is 17.9 Å². The van der Waals surface area contributed by atoms with Crippen molar-refractivity contribution >= 4 is 18.0 Å². The van der Waals surface area contributed by atoms with Crippen LogP contribution in [-0.4, -0.2) is 54.2 Å². The SMILES string of the molecule is CN(CC(C)(C)C)C(=O)C(CC(=O)O)NC(=O)OCC1c2ccccc2-c2ccccc21. The lowest BCUT2D eigenvalue weighted by Gasteiger charge is -2.29. The van der Waals surface area contributed by atoms with E-state index in [4.69, 9.17) is 4.74 Å². The van der Waals surface area contributed by atoms with Crippen molar-refractivity contribution in [2.45, 2.75) is 39.2 Å². The average molecular weight is 439 g/mol. The van der Waals surface area contributed by atoms with Crippen LogP contribution in [-0.2, 0) is 14.3 Å². The average Bonchev–Trinajstić information content (AvgIpc) is 3.03. The Labute approximate surface area is 188 Å². The maximum Gasteiger partial charge on any atom is 0.407 e. The third-order valence-corrected chi connectivity index (χ3v) is 5.40. The van der Waals surface area contributed by atoms with Crippen molar-refractivity contribution in [1.29, 1.82) is 0 Å². The molecule has 170 valence electrons. The summed E-state index contributed by atoms with van der Waals surface area (Å²) in [5, 5.41) is 11.7. The predicted molar refractivity (Wildman–Crippen MR) is 121 cm³/mol. The molecule has 3 rings (SSSR count). The summed E-state index contributed by atoms with van der Waals surface area (Å²) in [5.41, 5.74) is 4.20. The smallest absolute Gasteiger partial charge is 0.407 e. The summed E-state index contributed by atoms with van der Waals surface area (Å²) in [6.07, 6.45) is -1.33. The maximum atomic E-state index is 12.8. The minimum atomic E-state index is -1.20. The fourth-order valence-electron chi connectivity index (χ4n) is 4.21. The molecule has 32 heavy (non-hydrogen) atoms. The van der Waals surface area contributed by atoms with E-state index in [0.717, 1.165) is 22.3 Å². The number of nitrogens with zero attached hydrogens (tertiary/aromatic N) is 1. The van der Waals surface area contributed by atoms with Crippen LogP contribution in [0.2, 0.25) is 0 Å². The lowest BCUT2D eigenvalue weighted by Crippen LogP contribution is -2.50. The zero-order valence-electron chi connectivity index (χ0n) is 18.9. The number of benzene rings is 2. The molecular weight excluding hydrogens is 408 g/mol. The third kappa shape index (κ3) is 5.46. The number of alkyl carbamates (subject to hydrolysis) is 1. The molecule has 0 aromatic heterocycles. The molecule has 0 aliphatic heterocycles. The van der Waals surface area contributed by atoms with E-state index in [0.29, 0.717) is 6.54 Å². The van der Waals surface area contributed by atoms with E-state index < -0.39 is 30.4 Å². The molecule has 0 radical (unpaired) electrons. The van der Waals surface area contributed by atoms with E-state index in [9.17, 15) is 19.5 Å². The molecule has 2 amide bonds. The largest absolute Gasteiger partial charge is 0.481 e. The molecule has 1 atom stereocenters. The normalized spacial score (nSPS) is 13.6. The summed E-state index contributed by atoms with van der Waals surface area (Å²) < 4.78 is 5.47. The fraction of sp³-hybridized carbons (Fsp3) is 0.400. The number of aliphatic carboxylic acids is 1. The van der Waals surface area contributed by atoms with Crippen LogP contribution in [0.3, 0.4) is 0 Å². The molecule has 1 aliphatic carbocycles. The van der Waals surface area contributed by atoms with E-state index >= 15 is 0 Å². The summed E-state index contributed by atoms with van der Waals surface area (Å²) in [4.78, 5) is 38.0. The number of fused-ring (bicyclic) bond motifs is 3. The van der Waals surface area contributed by atoms with Crippen molar-refractivity contribution in [3.05, 3.63) is 59.7 Å². The minimum absolute atomic E-state index is 0.0890. The maximum absolute atomic E-state index is 12.8. The monoisotopic (exact) mass is 438 g/mol. The molecule has 2 aromatic carbocycles. The van der Waals surface area contributed by atoms with Crippen molar-refractivity contribution < 1.29 is 24.2 Å². The molecule has 0 heterocycles. The first-order valence-electron chi connectivity index (χ1n) is 10.6. The molecule has 0 bridgehead atoms. The van der Waals surface area contributed by atoms with Crippen molar-refractivity contribution in [1.82, 2.24) is 10.2 Å². The number of carboxylic acid groups (broad SMARTS) is 1. The summed E-state index contributed by atoms with van der Waals surface area (Å²) in [6, 6.07) is 14.8. The highest BCUT2D eigenvalue weighted by Crippen LogP contribution is 2.44. The fourth-order valence-corrected chi connectivity index (χ4v) is 4.21. The molecule has 0 spiro atoms. The van der Waals surface area contributed by atoms with Gasteiger partial charge in [0.15, 0.2) is 0 Å². The highest BCUT2D eigenvalue weighted by atomic mass is 16.5. The number of carbonyl (C=O) groups excluding carboxylic acids is 2. The van der Waals surface area contributed by atoms with Gasteiger partial charge in [0.25, 0.3) is 0 Å². The second-order valence-corrected chi connectivity index (χ2v) is 9.38. The van der Waals surface area contributed by atoms with Gasteiger partial charge in [-0.2, -0.15) is 0 Å². The van der Waals surface area contributed by atoms with Crippen molar-refractivity contribution in [3.63, 3.8) is 0 Å². The van der Waals surface area contributed by atoms with Gasteiger partial charge in [0, 0.05) is 19.5 Å². The molecule has 7 nitrogen and oxygen atoms in total. The first kappa shape index (κ1) is 23.3. The molecule has 0 fully saturated rings. The molecule has 0 saturated carbocycles. The van der Waals surface area contributed by atoms with Crippen LogP contribution in [0.1, 0.15) is 44.2 Å². The van der Waals surface area contributed by atoms with Crippen molar-refractivity contribution in [2.75, 3.05) is 20.2 Å². The predicted octanol–water partition coefficient (Wildman–Crippen LogP) is 3.87. The van der Waals surface area contributed by atoms with Gasteiger partial charge in [0.05, 0.1) is 6.42 Å². The molecule has 1 unspecified atom stereocenters. The Hall–Kier alpha value is -3.35. The zero-order chi connectivity index (χ0) is 23.5. The Balaban J connectivity index is 1.68. The van der Waals surface area contributed by atoms with Crippen LogP contribution in [0.15, 0.2) is 48.5 Å². The number of rotatable bonds is 7. The summed E-state index contributed by atoms with van der Waals surface area (Å²) >= 11 is 0. The minimum Gasteiger partial charge on any atom is -0.481 e. The number of carbonyl (C=O) groups is 3. The van der Waals surface area contributed by atoms with Gasteiger partial charge in [-0.1, -0.05) is 69.3 Å². The summed E-state index contributed by atoms with van der Waals surface area (Å²) in [7, 11) is 1.60. The highest BCUT2D eigenvalue weighted by molar-refractivity contribution is 5.89. The van der Waals surface area contributed by atoms with Crippen molar-refractivity contribution in [2.24, 2.45) is 5.41 Å². The van der Waals surface area contributed by atoms with E-state index in [1.54, 1.807) is 7.05 Å². The Morgan fingerprint density at radius 3 is 2.06 bits per heavy atom. The van der Waals surface area contributed by atoms with Gasteiger partial charge in [-0.15, -0.1) is 0 Å². The Kier molecular flexibility index (Phi) is 6.87. The van der Waals surface area contributed by atoms with Gasteiger partial charge < -0.3 is 20.1 Å². The van der Waals surface area contributed by atoms with Gasteiger partial charge in [-0.05, 0) is 27.7 Å². The summed E-state index contributed by atoms with van der Waals surface area (Å²) in [6.45, 7) is 6.44. The van der Waals surface area contributed by atoms with Gasteiger partial charge in [0.2, 0.25) is 5.91 Å². The van der Waals surface area contributed by atoms with Crippen LogP contribution >= 0.6 is 0 Å². The number of hydrogen-bond acceptors (Lipinski definition) is 4. The number of amides is 2. The number of carboxylic acids is 1. The summed E-state index contributed by atoms with van der Waals surface area (Å²) in [5.74, 6) is -1.76. The van der Waals surface area contributed by atoms with Gasteiger partial charge in [-0.25, -0.2) is 4.79 Å². The van der Waals surface area contributed by atoms with Crippen LogP contribution < -0.4 is 5.32 Å². The third-order valence-electron chi connectivity index (χ3n) is 5.40. The Morgan fingerprint density at radius 2 is 1.56 bits per heavy atom. The number of nitrogens with one attached hydrogen (secondary N) is 1. The second-order valence-electron chi connectivity index (χ2n) is 9.38. The molecule has 1 aliphatic rings. The first-order valence-corrected chi connectivity index (χ1v) is 10.6. The Bertz CT molecular complexity index is 966. The molecule has 2 aromatic rings. The van der Waals surface area contributed by atoms with Crippen LogP contribution in [0.5, 0.6) is 0 Å². The Morgan fingerprint density at radius 1 is 1.03 bits per heavy atom. The number of hydrogen-bond donors (Lipinski definition) is 2. The van der Waals surface area contributed by atoms with Gasteiger partial charge >= 0.3 is 12.1 Å². The first-order chi connectivity index (χ1) is 15.1. The van der Waals surface area contributed by atoms with Crippen LogP contribution in [0.25, 0.3) is 11.1 Å². The lowest BCUT2D eigenvalue weighted by molar-refractivity contribution is -0.142. The quantitative estimate of drug-likeness (QED) is 0.684. The van der Waals surface area contributed by atoms with E-state index in [2.05, 4.69) is 5.32 Å². The lowest BCUT2D eigenvalue weighted by atomic mass is 9.96. The number of likely N-dealkylation sites (N-methyl/N-ethyl adjacent to an activating group) is 1. The van der Waals surface area contributed by atoms with Gasteiger partial charge in [-0.3, -0.25) is 9.59 Å². The van der Waals surface area contributed by atoms with E-state index in [1.165, 1.54) is 4.90 Å². The highest BCUT2D eigenvalue weighted by Gasteiger charge is 2.31. The second kappa shape index (κ2) is 9.42. The zero-order valence-corrected chi connectivity index (χ0v) is 18.9. The molecule has 7 heteroatoms. The molecular formula is C25H30N2O5. The molecule has 2 N–H and O–H groups in total.